The van der Waals surface area contributed by atoms with Crippen molar-refractivity contribution in [3.63, 3.8) is 0 Å². The lowest BCUT2D eigenvalue weighted by Gasteiger charge is -2.11. The minimum Gasteiger partial charge on any atom is -0.504 e. The molecule has 1 aromatic rings. The van der Waals surface area contributed by atoms with Crippen molar-refractivity contribution in [1.82, 2.24) is 0 Å². The Labute approximate surface area is 126 Å². The van der Waals surface area contributed by atoms with E-state index < -0.39 is 29.3 Å². The van der Waals surface area contributed by atoms with Crippen molar-refractivity contribution in [3.8, 4) is 11.5 Å². The summed E-state index contributed by atoms with van der Waals surface area (Å²) >= 11 is 0. The smallest absolute Gasteiger partial charge is 0.400 e. The van der Waals surface area contributed by atoms with Crippen LogP contribution in [0.4, 0.5) is 0 Å². The average molecular weight is 336 g/mol. The number of hydrogen-bond acceptors (Lipinski definition) is 8. The molecule has 1 rings (SSSR count). The highest BCUT2D eigenvalue weighted by Gasteiger charge is 2.12. The van der Waals surface area contributed by atoms with Gasteiger partial charge in [0.05, 0.1) is 6.10 Å². The molecule has 0 aromatic heterocycles. The number of benzene rings is 1. The molecule has 0 saturated heterocycles. The number of ether oxygens (including phenoxy) is 1. The molecule has 0 bridgehead atoms. The Morgan fingerprint density at radius 3 is 2.50 bits per heavy atom. The summed E-state index contributed by atoms with van der Waals surface area (Å²) < 4.78 is 36.8. The topological polar surface area (TPSA) is 151 Å². The summed E-state index contributed by atoms with van der Waals surface area (Å²) in [6, 6.07) is 4.08. The number of carbonyl (C=O) groups is 1. The molecule has 0 heterocycles. The quantitative estimate of drug-likeness (QED) is 0.224. The molecule has 1 unspecified atom stereocenters. The number of aliphatic hydroxyl groups excluding tert-OH is 1. The van der Waals surface area contributed by atoms with E-state index in [1.54, 1.807) is 0 Å². The Hall–Kier alpha value is -1.88. The molecular weight excluding hydrogens is 320 g/mol. The van der Waals surface area contributed by atoms with Gasteiger partial charge in [-0.15, -0.1) is 0 Å². The van der Waals surface area contributed by atoms with E-state index in [9.17, 15) is 23.4 Å². The van der Waals surface area contributed by atoms with E-state index in [0.29, 0.717) is 5.56 Å². The van der Waals surface area contributed by atoms with Crippen LogP contribution in [0.15, 0.2) is 18.2 Å². The highest BCUT2D eigenvalue weighted by molar-refractivity contribution is 7.80. The zero-order valence-corrected chi connectivity index (χ0v) is 12.2. The predicted octanol–water partition coefficient (Wildman–Crippen LogP) is 0.101. The molecule has 0 radical (unpaired) electrons. The van der Waals surface area contributed by atoms with Crippen LogP contribution in [-0.4, -0.2) is 47.2 Å². The fraction of sp³-hybridized carbons (Fsp3) is 0.417. The first-order valence-corrected chi connectivity index (χ1v) is 7.50. The van der Waals surface area contributed by atoms with Gasteiger partial charge in [-0.1, -0.05) is 6.07 Å². The molecule has 0 fully saturated rings. The molecule has 0 amide bonds. The first-order chi connectivity index (χ1) is 10.2. The molecule has 0 aliphatic rings. The van der Waals surface area contributed by atoms with E-state index in [2.05, 4.69) is 8.92 Å². The maximum atomic E-state index is 11.2. The Balaban J connectivity index is 2.31. The Morgan fingerprint density at radius 2 is 1.91 bits per heavy atom. The van der Waals surface area contributed by atoms with Gasteiger partial charge >= 0.3 is 16.4 Å². The standard InChI is InChI=1S/C12H16O9S/c13-9(5-8-1-3-10(14)11(15)6-8)2-4-12(16)20-7-21-22(17,18)19/h1,3,6,9,13-15H,2,4-5,7H2,(H,17,18,19). The second-order valence-corrected chi connectivity index (χ2v) is 5.49. The molecule has 1 aromatic carbocycles. The second kappa shape index (κ2) is 7.94. The van der Waals surface area contributed by atoms with Crippen LogP contribution >= 0.6 is 0 Å². The molecule has 22 heavy (non-hydrogen) atoms. The van der Waals surface area contributed by atoms with Crippen LogP contribution in [0.3, 0.4) is 0 Å². The molecule has 0 aliphatic carbocycles. The minimum atomic E-state index is -4.67. The number of aromatic hydroxyl groups is 2. The number of esters is 1. The highest BCUT2D eigenvalue weighted by atomic mass is 32.3. The van der Waals surface area contributed by atoms with Crippen molar-refractivity contribution in [1.29, 1.82) is 0 Å². The van der Waals surface area contributed by atoms with Crippen molar-refractivity contribution in [3.05, 3.63) is 23.8 Å². The largest absolute Gasteiger partial charge is 0.504 e. The van der Waals surface area contributed by atoms with E-state index in [-0.39, 0.29) is 30.8 Å². The first kappa shape index (κ1) is 18.2. The van der Waals surface area contributed by atoms with Crippen LogP contribution in [0.25, 0.3) is 0 Å². The third-order valence-corrected chi connectivity index (χ3v) is 3.00. The van der Waals surface area contributed by atoms with Crippen LogP contribution < -0.4 is 0 Å². The maximum Gasteiger partial charge on any atom is 0.400 e. The van der Waals surface area contributed by atoms with Crippen LogP contribution in [0.1, 0.15) is 18.4 Å². The van der Waals surface area contributed by atoms with Gasteiger partial charge in [0, 0.05) is 6.42 Å². The number of phenolic OH excluding ortho intramolecular Hbond substituents is 2. The summed E-state index contributed by atoms with van der Waals surface area (Å²) in [5.41, 5.74) is 0.561. The van der Waals surface area contributed by atoms with Gasteiger partial charge in [-0.3, -0.25) is 9.35 Å². The molecule has 4 N–H and O–H groups in total. The monoisotopic (exact) mass is 336 g/mol. The van der Waals surface area contributed by atoms with Gasteiger partial charge in [0.1, 0.15) is 0 Å². The average Bonchev–Trinajstić information content (AvgIpc) is 2.39. The molecule has 9 nitrogen and oxygen atoms in total. The normalized spacial score (nSPS) is 12.8. The Bertz CT molecular complexity index is 611. The van der Waals surface area contributed by atoms with Gasteiger partial charge in [-0.05, 0) is 30.5 Å². The number of phenols is 2. The summed E-state index contributed by atoms with van der Waals surface area (Å²) in [4.78, 5) is 11.2. The molecule has 0 spiro atoms. The summed E-state index contributed by atoms with van der Waals surface area (Å²) in [6.45, 7) is -0.945. The van der Waals surface area contributed by atoms with Gasteiger partial charge in [0.15, 0.2) is 11.5 Å². The van der Waals surface area contributed by atoms with Crippen LogP contribution in [-0.2, 0) is 30.5 Å². The van der Waals surface area contributed by atoms with Crippen molar-refractivity contribution >= 4 is 16.4 Å². The SMILES string of the molecule is O=C(CCC(O)Cc1ccc(O)c(O)c1)OCOS(=O)(=O)O. The fourth-order valence-electron chi connectivity index (χ4n) is 1.58. The third kappa shape index (κ3) is 7.22. The lowest BCUT2D eigenvalue weighted by molar-refractivity contribution is -0.150. The van der Waals surface area contributed by atoms with Gasteiger partial charge < -0.3 is 20.1 Å². The van der Waals surface area contributed by atoms with Gasteiger partial charge in [-0.2, -0.15) is 8.42 Å². The third-order valence-electron chi connectivity index (χ3n) is 2.61. The summed E-state index contributed by atoms with van der Waals surface area (Å²) in [6.07, 6.45) is -0.923. The molecular formula is C12H16O9S. The van der Waals surface area contributed by atoms with Crippen LogP contribution in [0.2, 0.25) is 0 Å². The summed E-state index contributed by atoms with van der Waals surface area (Å²) in [5, 5.41) is 28.2. The van der Waals surface area contributed by atoms with E-state index in [1.807, 2.05) is 0 Å². The van der Waals surface area contributed by atoms with E-state index in [0.717, 1.165) is 0 Å². The minimum absolute atomic E-state index is 0.0341. The second-order valence-electron chi connectivity index (χ2n) is 4.40. The molecule has 10 heteroatoms. The zero-order chi connectivity index (χ0) is 16.8. The summed E-state index contributed by atoms with van der Waals surface area (Å²) in [5.74, 6) is -1.40. The predicted molar refractivity (Wildman–Crippen MR) is 72.3 cm³/mol. The fourth-order valence-corrected chi connectivity index (χ4v) is 1.75. The number of hydrogen-bond donors (Lipinski definition) is 4. The van der Waals surface area contributed by atoms with Crippen molar-refractivity contribution in [2.75, 3.05) is 6.79 Å². The first-order valence-electron chi connectivity index (χ1n) is 6.14. The number of carbonyl (C=O) groups excluding carboxylic acids is 1. The lowest BCUT2D eigenvalue weighted by atomic mass is 10.0. The van der Waals surface area contributed by atoms with Crippen LogP contribution in [0, 0.1) is 0 Å². The van der Waals surface area contributed by atoms with E-state index in [1.165, 1.54) is 18.2 Å². The number of rotatable bonds is 8. The molecule has 0 aliphatic heterocycles. The van der Waals surface area contributed by atoms with E-state index >= 15 is 0 Å². The Morgan fingerprint density at radius 1 is 1.23 bits per heavy atom. The number of aliphatic hydroxyl groups is 1. The lowest BCUT2D eigenvalue weighted by Crippen LogP contribution is -2.16. The van der Waals surface area contributed by atoms with Gasteiger partial charge in [-0.25, -0.2) is 4.18 Å². The van der Waals surface area contributed by atoms with E-state index in [4.69, 9.17) is 9.66 Å². The molecule has 124 valence electrons. The van der Waals surface area contributed by atoms with Crippen molar-refractivity contribution in [2.24, 2.45) is 0 Å². The van der Waals surface area contributed by atoms with Gasteiger partial charge in [0.2, 0.25) is 6.79 Å². The van der Waals surface area contributed by atoms with Crippen molar-refractivity contribution < 1.29 is 42.0 Å². The maximum absolute atomic E-state index is 11.2. The Kier molecular flexibility index (Phi) is 6.56. The molecule has 0 saturated carbocycles. The molecule has 1 atom stereocenters. The summed E-state index contributed by atoms with van der Waals surface area (Å²) in [7, 11) is -4.67. The zero-order valence-electron chi connectivity index (χ0n) is 11.4. The van der Waals surface area contributed by atoms with Crippen LogP contribution in [0.5, 0.6) is 11.5 Å². The van der Waals surface area contributed by atoms with Gasteiger partial charge in [0.25, 0.3) is 0 Å². The van der Waals surface area contributed by atoms with Crippen molar-refractivity contribution in [2.45, 2.75) is 25.4 Å². The highest BCUT2D eigenvalue weighted by Crippen LogP contribution is 2.25.